The van der Waals surface area contributed by atoms with Crippen LogP contribution >= 0.6 is 22.7 Å². The maximum atomic E-state index is 5.36. The van der Waals surface area contributed by atoms with Crippen molar-refractivity contribution in [3.05, 3.63) is 200 Å². The van der Waals surface area contributed by atoms with Gasteiger partial charge in [-0.25, -0.2) is 4.98 Å². The zero-order valence-corrected chi connectivity index (χ0v) is 33.8. The summed E-state index contributed by atoms with van der Waals surface area (Å²) in [6.07, 6.45) is 0. The summed E-state index contributed by atoms with van der Waals surface area (Å²) >= 11 is 3.73. The average molecular weight is 800 g/mol. The Morgan fingerprint density at radius 2 is 0.967 bits per heavy atom. The zero-order chi connectivity index (χ0) is 39.3. The van der Waals surface area contributed by atoms with Crippen molar-refractivity contribution in [2.24, 2.45) is 0 Å². The van der Waals surface area contributed by atoms with Crippen LogP contribution in [0.2, 0.25) is 0 Å². The molecule has 0 amide bonds. The standard InChI is InChI=1S/C55H33N3S2/c1-2-12-35(13-3-1)58-48-19-9-5-14-39(48)46-32-37(27-31-49(46)58)57(38-26-28-42-40-15-6-10-20-50(40)59-52(42)33-38)36-24-22-34(23-25-36)54-45-30-29-43-41-16-7-11-21-51(41)60-55(43)53(45)44-17-4-8-18-47(44)56-54/h1-33H. The Morgan fingerprint density at radius 3 is 1.80 bits per heavy atom. The molecule has 5 heteroatoms. The van der Waals surface area contributed by atoms with Crippen molar-refractivity contribution in [3.63, 3.8) is 0 Å². The molecule has 13 aromatic rings. The molecule has 9 aromatic carbocycles. The van der Waals surface area contributed by atoms with Crippen molar-refractivity contribution in [2.75, 3.05) is 4.90 Å². The van der Waals surface area contributed by atoms with Crippen LogP contribution in [0.5, 0.6) is 0 Å². The fourth-order valence-corrected chi connectivity index (χ4v) is 11.9. The molecule has 0 N–H and O–H groups in total. The van der Waals surface area contributed by atoms with E-state index in [9.17, 15) is 0 Å². The Morgan fingerprint density at radius 1 is 0.383 bits per heavy atom. The van der Waals surface area contributed by atoms with Crippen LogP contribution in [0.4, 0.5) is 17.1 Å². The third-order valence-electron chi connectivity index (χ3n) is 12.2. The first-order valence-electron chi connectivity index (χ1n) is 20.3. The first-order valence-corrected chi connectivity index (χ1v) is 21.9. The van der Waals surface area contributed by atoms with Gasteiger partial charge in [-0.1, -0.05) is 121 Å². The number of nitrogens with zero attached hydrogens (tertiary/aromatic N) is 3. The van der Waals surface area contributed by atoms with Crippen molar-refractivity contribution in [3.8, 4) is 16.9 Å². The number of fused-ring (bicyclic) bond motifs is 13. The molecule has 0 radical (unpaired) electrons. The highest BCUT2D eigenvalue weighted by molar-refractivity contribution is 7.27. The van der Waals surface area contributed by atoms with Gasteiger partial charge in [0, 0.05) is 95.6 Å². The summed E-state index contributed by atoms with van der Waals surface area (Å²) in [5, 5.41) is 11.3. The number of aromatic nitrogens is 2. The fourth-order valence-electron chi connectivity index (χ4n) is 9.46. The van der Waals surface area contributed by atoms with E-state index in [1.54, 1.807) is 0 Å². The molecule has 4 aromatic heterocycles. The second-order valence-electron chi connectivity index (χ2n) is 15.5. The van der Waals surface area contributed by atoms with E-state index in [0.29, 0.717) is 0 Å². The summed E-state index contributed by atoms with van der Waals surface area (Å²) in [6.45, 7) is 0. The van der Waals surface area contributed by atoms with Gasteiger partial charge in [-0.3, -0.25) is 0 Å². The van der Waals surface area contributed by atoms with Crippen LogP contribution in [-0.2, 0) is 0 Å². The monoisotopic (exact) mass is 799 g/mol. The third kappa shape index (κ3) is 5.03. The number of para-hydroxylation sites is 3. The lowest BCUT2D eigenvalue weighted by molar-refractivity contribution is 1.18. The summed E-state index contributed by atoms with van der Waals surface area (Å²) in [7, 11) is 0. The summed E-state index contributed by atoms with van der Waals surface area (Å²) < 4.78 is 7.58. The Labute approximate surface area is 353 Å². The second-order valence-corrected chi connectivity index (χ2v) is 17.6. The minimum absolute atomic E-state index is 1.00. The highest BCUT2D eigenvalue weighted by Crippen LogP contribution is 2.46. The van der Waals surface area contributed by atoms with E-state index in [2.05, 4.69) is 210 Å². The highest BCUT2D eigenvalue weighted by atomic mass is 32.1. The molecule has 13 rings (SSSR count). The number of hydrogen-bond acceptors (Lipinski definition) is 4. The predicted octanol–water partition coefficient (Wildman–Crippen LogP) is 16.4. The Hall–Kier alpha value is -7.31. The molecule has 3 nitrogen and oxygen atoms in total. The molecular weight excluding hydrogens is 767 g/mol. The predicted molar refractivity (Wildman–Crippen MR) is 259 cm³/mol. The zero-order valence-electron chi connectivity index (χ0n) is 32.2. The lowest BCUT2D eigenvalue weighted by atomic mass is 9.98. The molecule has 0 aliphatic rings. The van der Waals surface area contributed by atoms with Crippen LogP contribution in [-0.4, -0.2) is 9.55 Å². The number of benzene rings is 9. The molecule has 0 bridgehead atoms. The van der Waals surface area contributed by atoms with Crippen LogP contribution in [0.15, 0.2) is 200 Å². The Bertz CT molecular complexity index is 3840. The number of thiophene rings is 2. The van der Waals surface area contributed by atoms with E-state index in [-0.39, 0.29) is 0 Å². The summed E-state index contributed by atoms with van der Waals surface area (Å²) in [5.41, 5.74) is 9.95. The molecule has 0 saturated carbocycles. The van der Waals surface area contributed by atoms with Gasteiger partial charge in [0.2, 0.25) is 0 Å². The summed E-state index contributed by atoms with van der Waals surface area (Å²) in [4.78, 5) is 7.77. The summed E-state index contributed by atoms with van der Waals surface area (Å²) in [5.74, 6) is 0. The second kappa shape index (κ2) is 13.1. The van der Waals surface area contributed by atoms with Crippen molar-refractivity contribution in [2.45, 2.75) is 0 Å². The minimum Gasteiger partial charge on any atom is -0.310 e. The lowest BCUT2D eigenvalue weighted by Crippen LogP contribution is -2.10. The van der Waals surface area contributed by atoms with Gasteiger partial charge in [0.25, 0.3) is 0 Å². The molecule has 0 aliphatic heterocycles. The quantitative estimate of drug-likeness (QED) is 0.162. The fraction of sp³-hybridized carbons (Fsp3) is 0. The van der Waals surface area contributed by atoms with E-state index in [4.69, 9.17) is 4.98 Å². The number of hydrogen-bond donors (Lipinski definition) is 0. The van der Waals surface area contributed by atoms with Crippen LogP contribution in [0.1, 0.15) is 0 Å². The topological polar surface area (TPSA) is 21.1 Å². The van der Waals surface area contributed by atoms with Gasteiger partial charge in [0.05, 0.1) is 22.2 Å². The van der Waals surface area contributed by atoms with Crippen molar-refractivity contribution in [1.29, 1.82) is 0 Å². The normalized spacial score (nSPS) is 12.0. The lowest BCUT2D eigenvalue weighted by Gasteiger charge is -2.26. The molecule has 0 aliphatic carbocycles. The Kier molecular flexibility index (Phi) is 7.35. The number of pyridine rings is 1. The number of rotatable bonds is 5. The number of anilines is 3. The highest BCUT2D eigenvalue weighted by Gasteiger charge is 2.20. The van der Waals surface area contributed by atoms with Gasteiger partial charge >= 0.3 is 0 Å². The molecule has 0 unspecified atom stereocenters. The smallest absolute Gasteiger partial charge is 0.0788 e. The maximum absolute atomic E-state index is 5.36. The largest absolute Gasteiger partial charge is 0.310 e. The molecule has 60 heavy (non-hydrogen) atoms. The van der Waals surface area contributed by atoms with Crippen LogP contribution < -0.4 is 4.90 Å². The molecule has 0 fully saturated rings. The van der Waals surface area contributed by atoms with Crippen LogP contribution in [0, 0.1) is 0 Å². The van der Waals surface area contributed by atoms with E-state index in [0.717, 1.165) is 39.5 Å². The molecule has 280 valence electrons. The minimum atomic E-state index is 1.00. The van der Waals surface area contributed by atoms with E-state index >= 15 is 0 Å². The SMILES string of the molecule is c1ccc(-n2c3ccccc3c3cc(N(c4ccc(-c5nc6ccccc6c6c5ccc5c7ccccc7sc56)cc4)c4ccc5c(c4)sc4ccccc45)ccc32)cc1. The van der Waals surface area contributed by atoms with Gasteiger partial charge in [0.1, 0.15) is 0 Å². The third-order valence-corrected chi connectivity index (χ3v) is 14.5. The van der Waals surface area contributed by atoms with Gasteiger partial charge < -0.3 is 9.47 Å². The molecule has 0 saturated heterocycles. The maximum Gasteiger partial charge on any atom is 0.0788 e. The first kappa shape index (κ1) is 33.6. The summed E-state index contributed by atoms with van der Waals surface area (Å²) in [6, 6.07) is 73.0. The van der Waals surface area contributed by atoms with Crippen molar-refractivity contribution < 1.29 is 0 Å². The van der Waals surface area contributed by atoms with Gasteiger partial charge in [-0.05, 0) is 78.9 Å². The average Bonchev–Trinajstić information content (AvgIpc) is 3.98. The molecule has 0 spiro atoms. The van der Waals surface area contributed by atoms with E-state index in [1.165, 1.54) is 78.3 Å². The molecule has 4 heterocycles. The van der Waals surface area contributed by atoms with Gasteiger partial charge in [-0.15, -0.1) is 22.7 Å². The van der Waals surface area contributed by atoms with Crippen molar-refractivity contribution in [1.82, 2.24) is 9.55 Å². The Balaban J connectivity index is 1.01. The van der Waals surface area contributed by atoms with E-state index in [1.807, 2.05) is 22.7 Å². The first-order chi connectivity index (χ1) is 29.7. The molecular formula is C55H33N3S2. The van der Waals surface area contributed by atoms with Gasteiger partial charge in [0.15, 0.2) is 0 Å². The van der Waals surface area contributed by atoms with Crippen LogP contribution in [0.3, 0.4) is 0 Å². The van der Waals surface area contributed by atoms with Crippen LogP contribution in [0.25, 0.3) is 101 Å². The van der Waals surface area contributed by atoms with Crippen molar-refractivity contribution >= 4 is 124 Å². The van der Waals surface area contributed by atoms with E-state index < -0.39 is 0 Å². The van der Waals surface area contributed by atoms with Gasteiger partial charge in [-0.2, -0.15) is 0 Å². The molecule has 0 atom stereocenters.